The van der Waals surface area contributed by atoms with E-state index >= 15 is 0 Å². The molecule has 0 fully saturated rings. The van der Waals surface area contributed by atoms with Crippen molar-refractivity contribution in [2.45, 2.75) is 6.92 Å². The maximum Gasteiger partial charge on any atom is 0.126 e. The number of methoxy groups -OCH3 is 1. The van der Waals surface area contributed by atoms with Crippen LogP contribution in [0.5, 0.6) is 5.75 Å². The Morgan fingerprint density at radius 2 is 1.61 bits per heavy atom. The fraction of sp³-hybridized carbons (Fsp3) is 0.250. The number of nitrogens with zero attached hydrogens (tertiary/aromatic N) is 1. The van der Waals surface area contributed by atoms with E-state index in [9.17, 15) is 0 Å². The molecular weight excluding hydrogens is 222 g/mol. The Hall–Kier alpha value is -1.96. The summed E-state index contributed by atoms with van der Waals surface area (Å²) in [6.07, 6.45) is 0. The zero-order valence-electron chi connectivity index (χ0n) is 11.4. The molecular formula is C16H19NO. The van der Waals surface area contributed by atoms with E-state index in [0.29, 0.717) is 0 Å². The number of benzene rings is 2. The molecule has 0 aliphatic carbocycles. The maximum atomic E-state index is 5.42. The number of rotatable bonds is 3. The third kappa shape index (κ3) is 2.48. The summed E-state index contributed by atoms with van der Waals surface area (Å²) < 4.78 is 5.42. The molecule has 2 rings (SSSR count). The first-order valence-electron chi connectivity index (χ1n) is 6.04. The van der Waals surface area contributed by atoms with Crippen LogP contribution in [-0.2, 0) is 0 Å². The van der Waals surface area contributed by atoms with Gasteiger partial charge in [-0.3, -0.25) is 0 Å². The highest BCUT2D eigenvalue weighted by molar-refractivity contribution is 5.72. The first-order chi connectivity index (χ1) is 8.61. The molecule has 0 N–H and O–H groups in total. The van der Waals surface area contributed by atoms with Crippen molar-refractivity contribution in [1.29, 1.82) is 0 Å². The molecule has 0 aliphatic heterocycles. The van der Waals surface area contributed by atoms with Crippen LogP contribution in [0, 0.1) is 6.92 Å². The van der Waals surface area contributed by atoms with Gasteiger partial charge in [0.15, 0.2) is 0 Å². The summed E-state index contributed by atoms with van der Waals surface area (Å²) in [6, 6.07) is 14.7. The lowest BCUT2D eigenvalue weighted by molar-refractivity contribution is 0.416. The molecule has 0 unspecified atom stereocenters. The second kappa shape index (κ2) is 5.13. The smallest absolute Gasteiger partial charge is 0.126 e. The summed E-state index contributed by atoms with van der Waals surface area (Å²) in [5.41, 5.74) is 4.76. The van der Waals surface area contributed by atoms with E-state index in [1.165, 1.54) is 16.8 Å². The Labute approximate surface area is 109 Å². The van der Waals surface area contributed by atoms with Crippen LogP contribution in [0.2, 0.25) is 0 Å². The Kier molecular flexibility index (Phi) is 3.56. The molecule has 2 nitrogen and oxygen atoms in total. The molecule has 2 aromatic carbocycles. The van der Waals surface area contributed by atoms with Crippen molar-refractivity contribution in [3.63, 3.8) is 0 Å². The summed E-state index contributed by atoms with van der Waals surface area (Å²) in [5.74, 6) is 0.915. The summed E-state index contributed by atoms with van der Waals surface area (Å²) >= 11 is 0. The van der Waals surface area contributed by atoms with Crippen molar-refractivity contribution in [2.24, 2.45) is 0 Å². The van der Waals surface area contributed by atoms with Gasteiger partial charge < -0.3 is 9.64 Å². The quantitative estimate of drug-likeness (QED) is 0.811. The van der Waals surface area contributed by atoms with E-state index in [-0.39, 0.29) is 0 Å². The second-order valence-electron chi connectivity index (χ2n) is 4.65. The summed E-state index contributed by atoms with van der Waals surface area (Å²) in [7, 11) is 5.80. The van der Waals surface area contributed by atoms with Gasteiger partial charge in [-0.2, -0.15) is 0 Å². The molecule has 0 aromatic heterocycles. The zero-order chi connectivity index (χ0) is 13.1. The van der Waals surface area contributed by atoms with Gasteiger partial charge in [0.05, 0.1) is 7.11 Å². The first-order valence-corrected chi connectivity index (χ1v) is 6.04. The van der Waals surface area contributed by atoms with E-state index < -0.39 is 0 Å². The van der Waals surface area contributed by atoms with Gasteiger partial charge in [0.2, 0.25) is 0 Å². The second-order valence-corrected chi connectivity index (χ2v) is 4.65. The normalized spacial score (nSPS) is 10.2. The Morgan fingerprint density at radius 3 is 2.17 bits per heavy atom. The van der Waals surface area contributed by atoms with Gasteiger partial charge in [0.25, 0.3) is 0 Å². The summed E-state index contributed by atoms with van der Waals surface area (Å²) in [4.78, 5) is 2.09. The Bertz CT molecular complexity index is 529. The molecule has 2 aromatic rings. The Morgan fingerprint density at radius 1 is 0.944 bits per heavy atom. The Balaban J connectivity index is 2.44. The van der Waals surface area contributed by atoms with E-state index in [1.54, 1.807) is 7.11 Å². The minimum Gasteiger partial charge on any atom is -0.496 e. The van der Waals surface area contributed by atoms with Gasteiger partial charge in [-0.1, -0.05) is 23.8 Å². The fourth-order valence-corrected chi connectivity index (χ4v) is 1.99. The predicted octanol–water partition coefficient (Wildman–Crippen LogP) is 3.74. The highest BCUT2D eigenvalue weighted by Gasteiger charge is 2.06. The number of ether oxygens (including phenoxy) is 1. The van der Waals surface area contributed by atoms with Crippen molar-refractivity contribution in [3.05, 3.63) is 48.0 Å². The lowest BCUT2D eigenvalue weighted by Crippen LogP contribution is -2.07. The van der Waals surface area contributed by atoms with Crippen molar-refractivity contribution >= 4 is 5.69 Å². The topological polar surface area (TPSA) is 12.5 Å². The molecule has 2 heteroatoms. The standard InChI is InChI=1S/C16H19NO/c1-12-5-10-16(18-4)15(11-12)13-6-8-14(9-7-13)17(2)3/h5-11H,1-4H3. The van der Waals surface area contributed by atoms with E-state index in [1.807, 2.05) is 20.2 Å². The lowest BCUT2D eigenvalue weighted by Gasteiger charge is -2.14. The van der Waals surface area contributed by atoms with Gasteiger partial charge in [0.1, 0.15) is 5.75 Å². The van der Waals surface area contributed by atoms with E-state index in [0.717, 1.165) is 11.3 Å². The van der Waals surface area contributed by atoms with E-state index in [4.69, 9.17) is 4.74 Å². The maximum absolute atomic E-state index is 5.42. The molecule has 0 heterocycles. The number of anilines is 1. The third-order valence-electron chi connectivity index (χ3n) is 3.05. The van der Waals surface area contributed by atoms with Gasteiger partial charge in [-0.25, -0.2) is 0 Å². The van der Waals surface area contributed by atoms with Crippen LogP contribution in [0.4, 0.5) is 5.69 Å². The largest absolute Gasteiger partial charge is 0.496 e. The molecule has 0 bridgehead atoms. The number of hydrogen-bond donors (Lipinski definition) is 0. The van der Waals surface area contributed by atoms with Crippen LogP contribution in [0.1, 0.15) is 5.56 Å². The van der Waals surface area contributed by atoms with Gasteiger partial charge in [-0.05, 0) is 36.8 Å². The molecule has 0 amide bonds. The molecule has 0 aliphatic rings. The molecule has 94 valence electrons. The number of hydrogen-bond acceptors (Lipinski definition) is 2. The summed E-state index contributed by atoms with van der Waals surface area (Å²) in [5, 5.41) is 0. The molecule has 18 heavy (non-hydrogen) atoms. The molecule has 0 spiro atoms. The fourth-order valence-electron chi connectivity index (χ4n) is 1.99. The van der Waals surface area contributed by atoms with Crippen molar-refractivity contribution < 1.29 is 4.74 Å². The van der Waals surface area contributed by atoms with Crippen LogP contribution in [0.3, 0.4) is 0 Å². The SMILES string of the molecule is COc1ccc(C)cc1-c1ccc(N(C)C)cc1. The van der Waals surface area contributed by atoms with Gasteiger partial charge in [0, 0.05) is 25.3 Å². The van der Waals surface area contributed by atoms with Crippen molar-refractivity contribution in [1.82, 2.24) is 0 Å². The lowest BCUT2D eigenvalue weighted by atomic mass is 10.0. The van der Waals surface area contributed by atoms with Crippen LogP contribution in [0.15, 0.2) is 42.5 Å². The van der Waals surface area contributed by atoms with Crippen LogP contribution in [-0.4, -0.2) is 21.2 Å². The third-order valence-corrected chi connectivity index (χ3v) is 3.05. The molecule has 0 saturated carbocycles. The highest BCUT2D eigenvalue weighted by atomic mass is 16.5. The van der Waals surface area contributed by atoms with E-state index in [2.05, 4.69) is 48.2 Å². The minimum absolute atomic E-state index is 0.915. The van der Waals surface area contributed by atoms with Crippen molar-refractivity contribution in [3.8, 4) is 16.9 Å². The zero-order valence-corrected chi connectivity index (χ0v) is 11.4. The molecule has 0 saturated heterocycles. The van der Waals surface area contributed by atoms with Gasteiger partial charge in [-0.15, -0.1) is 0 Å². The molecule has 0 radical (unpaired) electrons. The average molecular weight is 241 g/mol. The minimum atomic E-state index is 0.915. The van der Waals surface area contributed by atoms with Crippen LogP contribution >= 0.6 is 0 Å². The first kappa shape index (κ1) is 12.5. The van der Waals surface area contributed by atoms with Gasteiger partial charge >= 0.3 is 0 Å². The predicted molar refractivity (Wildman–Crippen MR) is 77.5 cm³/mol. The van der Waals surface area contributed by atoms with Crippen molar-refractivity contribution in [2.75, 3.05) is 26.1 Å². The number of aryl methyl sites for hydroxylation is 1. The highest BCUT2D eigenvalue weighted by Crippen LogP contribution is 2.31. The van der Waals surface area contributed by atoms with Crippen LogP contribution < -0.4 is 9.64 Å². The van der Waals surface area contributed by atoms with Crippen LogP contribution in [0.25, 0.3) is 11.1 Å². The summed E-state index contributed by atoms with van der Waals surface area (Å²) in [6.45, 7) is 2.09. The average Bonchev–Trinajstić information content (AvgIpc) is 2.39. The monoisotopic (exact) mass is 241 g/mol. The molecule has 0 atom stereocenters.